The molecule has 2 heterocycles. The van der Waals surface area contributed by atoms with Gasteiger partial charge in [0.25, 0.3) is 0 Å². The minimum atomic E-state index is -4.40. The maximum Gasteiger partial charge on any atom is 0.417 e. The normalized spacial score (nSPS) is 24.0. The van der Waals surface area contributed by atoms with Gasteiger partial charge >= 0.3 is 6.18 Å². The number of allylic oxidation sites excluding steroid dienone is 3. The molecule has 2 aromatic rings. The summed E-state index contributed by atoms with van der Waals surface area (Å²) in [6.07, 6.45) is 7.67. The molecule has 32 heavy (non-hydrogen) atoms. The zero-order valence-electron chi connectivity index (χ0n) is 18.3. The maximum atomic E-state index is 12.7. The number of methoxy groups -OCH3 is 1. The second kappa shape index (κ2) is 9.38. The predicted molar refractivity (Wildman–Crippen MR) is 114 cm³/mol. The van der Waals surface area contributed by atoms with Crippen LogP contribution in [-0.2, 0) is 22.3 Å². The Labute approximate surface area is 185 Å². The lowest BCUT2D eigenvalue weighted by Crippen LogP contribution is -2.12. The number of imidazole rings is 1. The summed E-state index contributed by atoms with van der Waals surface area (Å²) in [5.74, 6) is 3.72. The minimum Gasteiger partial charge on any atom is -0.497 e. The zero-order chi connectivity index (χ0) is 22.7. The molecule has 8 heteroatoms. The summed E-state index contributed by atoms with van der Waals surface area (Å²) in [4.78, 5) is 12.0. The molecule has 0 bridgehead atoms. The molecule has 0 amide bonds. The topological polar surface area (TPSA) is 60.0 Å². The fourth-order valence-corrected chi connectivity index (χ4v) is 4.30. The number of hydrogen-bond acceptors (Lipinski definition) is 4. The molecule has 2 aliphatic rings. The Bertz CT molecular complexity index is 971. The van der Waals surface area contributed by atoms with Crippen LogP contribution in [0.15, 0.2) is 48.2 Å². The van der Waals surface area contributed by atoms with Gasteiger partial charge in [0.05, 0.1) is 18.4 Å². The molecule has 1 atom stereocenters. The number of aromatic nitrogens is 3. The van der Waals surface area contributed by atoms with E-state index in [4.69, 9.17) is 9.47 Å². The molecule has 0 spiro atoms. The van der Waals surface area contributed by atoms with Crippen molar-refractivity contribution in [3.8, 4) is 0 Å². The van der Waals surface area contributed by atoms with Gasteiger partial charge in [-0.25, -0.2) is 4.98 Å². The van der Waals surface area contributed by atoms with Gasteiger partial charge in [-0.05, 0) is 37.0 Å². The third kappa shape index (κ3) is 5.16. The number of alkyl halides is 3. The molecule has 0 aromatic carbocycles. The lowest BCUT2D eigenvalue weighted by atomic mass is 9.83. The Kier molecular flexibility index (Phi) is 6.58. The standard InChI is InChI=1S/C24H28F3N3O2/c1-15-3-5-16(6-4-15)23-29-13-20(30-23)17-7-10-21(22(11-17)31-2)32-14-19-9-8-18(12-28-19)24(25,26)27/h7-10,12-13,15-17H,3-6,11,14H2,1-2H3,(H,29,30). The van der Waals surface area contributed by atoms with Crippen molar-refractivity contribution in [3.05, 3.63) is 71.0 Å². The summed E-state index contributed by atoms with van der Waals surface area (Å²) in [5.41, 5.74) is 0.685. The molecular weight excluding hydrogens is 419 g/mol. The molecule has 2 aliphatic carbocycles. The highest BCUT2D eigenvalue weighted by Gasteiger charge is 2.30. The predicted octanol–water partition coefficient (Wildman–Crippen LogP) is 6.24. The Hall–Kier alpha value is -2.77. The first-order valence-electron chi connectivity index (χ1n) is 11.0. The molecule has 0 radical (unpaired) electrons. The molecular formula is C24H28F3N3O2. The van der Waals surface area contributed by atoms with Crippen molar-refractivity contribution in [2.24, 2.45) is 5.92 Å². The van der Waals surface area contributed by atoms with Crippen molar-refractivity contribution < 1.29 is 22.6 Å². The van der Waals surface area contributed by atoms with Crippen LogP contribution in [-0.4, -0.2) is 22.1 Å². The SMILES string of the molecule is COC1=C(OCc2ccc(C(F)(F)F)cn2)C=CC(c2cnc(C3CCC(C)CC3)[nH]2)C1. The number of H-pyrrole nitrogens is 1. The minimum absolute atomic E-state index is 0.0592. The van der Waals surface area contributed by atoms with E-state index >= 15 is 0 Å². The Morgan fingerprint density at radius 2 is 1.88 bits per heavy atom. The van der Waals surface area contributed by atoms with Gasteiger partial charge in [-0.3, -0.25) is 4.98 Å². The van der Waals surface area contributed by atoms with Crippen molar-refractivity contribution in [3.63, 3.8) is 0 Å². The molecule has 4 rings (SSSR count). The van der Waals surface area contributed by atoms with Crippen LogP contribution in [0.5, 0.6) is 0 Å². The molecule has 1 unspecified atom stereocenters. The smallest absolute Gasteiger partial charge is 0.417 e. The molecule has 2 aromatic heterocycles. The van der Waals surface area contributed by atoms with Crippen LogP contribution in [0.3, 0.4) is 0 Å². The number of pyridine rings is 1. The van der Waals surface area contributed by atoms with Gasteiger partial charge in [0.2, 0.25) is 0 Å². The third-order valence-electron chi connectivity index (χ3n) is 6.35. The summed E-state index contributed by atoms with van der Waals surface area (Å²) in [5, 5.41) is 0. The van der Waals surface area contributed by atoms with Gasteiger partial charge < -0.3 is 14.5 Å². The van der Waals surface area contributed by atoms with Crippen molar-refractivity contribution >= 4 is 0 Å². The monoisotopic (exact) mass is 447 g/mol. The Morgan fingerprint density at radius 1 is 1.09 bits per heavy atom. The van der Waals surface area contributed by atoms with Gasteiger partial charge in [0, 0.05) is 36.3 Å². The molecule has 0 aliphatic heterocycles. The summed E-state index contributed by atoms with van der Waals surface area (Å²) < 4.78 is 49.4. The quantitative estimate of drug-likeness (QED) is 0.570. The number of nitrogens with zero attached hydrogens (tertiary/aromatic N) is 2. The van der Waals surface area contributed by atoms with Crippen molar-refractivity contribution in [1.29, 1.82) is 0 Å². The van der Waals surface area contributed by atoms with Gasteiger partial charge in [0.1, 0.15) is 18.2 Å². The first-order valence-corrected chi connectivity index (χ1v) is 11.0. The lowest BCUT2D eigenvalue weighted by molar-refractivity contribution is -0.137. The average Bonchev–Trinajstić information content (AvgIpc) is 3.28. The Balaban J connectivity index is 1.37. The van der Waals surface area contributed by atoms with Crippen LogP contribution in [0.2, 0.25) is 0 Å². The van der Waals surface area contributed by atoms with Crippen molar-refractivity contribution in [2.45, 2.75) is 63.6 Å². The summed E-state index contributed by atoms with van der Waals surface area (Å²) in [7, 11) is 1.59. The lowest BCUT2D eigenvalue weighted by Gasteiger charge is -2.24. The average molecular weight is 448 g/mol. The van der Waals surface area contributed by atoms with E-state index in [0.29, 0.717) is 29.6 Å². The molecule has 1 fully saturated rings. The van der Waals surface area contributed by atoms with Crippen LogP contribution in [0.1, 0.15) is 73.6 Å². The van der Waals surface area contributed by atoms with E-state index in [9.17, 15) is 13.2 Å². The fraction of sp³-hybridized carbons (Fsp3) is 0.500. The first kappa shape index (κ1) is 22.4. The highest BCUT2D eigenvalue weighted by Crippen LogP contribution is 2.36. The fourth-order valence-electron chi connectivity index (χ4n) is 4.30. The molecule has 1 saturated carbocycles. The number of hydrogen-bond donors (Lipinski definition) is 1. The molecule has 1 N–H and O–H groups in total. The van der Waals surface area contributed by atoms with E-state index in [2.05, 4.69) is 21.9 Å². The van der Waals surface area contributed by atoms with Gasteiger partial charge in [0.15, 0.2) is 5.76 Å². The number of rotatable bonds is 6. The summed E-state index contributed by atoms with van der Waals surface area (Å²) in [6.45, 7) is 2.37. The van der Waals surface area contributed by atoms with E-state index in [1.54, 1.807) is 7.11 Å². The van der Waals surface area contributed by atoms with Crippen LogP contribution in [0, 0.1) is 5.92 Å². The second-order valence-electron chi connectivity index (χ2n) is 8.67. The van der Waals surface area contributed by atoms with Gasteiger partial charge in [-0.1, -0.05) is 25.8 Å². The van der Waals surface area contributed by atoms with Crippen LogP contribution in [0.4, 0.5) is 13.2 Å². The van der Waals surface area contributed by atoms with Crippen LogP contribution < -0.4 is 0 Å². The third-order valence-corrected chi connectivity index (χ3v) is 6.35. The van der Waals surface area contributed by atoms with E-state index in [1.165, 1.54) is 31.7 Å². The number of halogens is 3. The highest BCUT2D eigenvalue weighted by molar-refractivity contribution is 5.30. The highest BCUT2D eigenvalue weighted by atomic mass is 19.4. The van der Waals surface area contributed by atoms with Gasteiger partial charge in [-0.2, -0.15) is 13.2 Å². The number of nitrogens with one attached hydrogen (secondary N) is 1. The van der Waals surface area contributed by atoms with E-state index in [0.717, 1.165) is 29.7 Å². The van der Waals surface area contributed by atoms with Crippen LogP contribution in [0.25, 0.3) is 0 Å². The maximum absolute atomic E-state index is 12.7. The van der Waals surface area contributed by atoms with Gasteiger partial charge in [-0.15, -0.1) is 0 Å². The number of aromatic amines is 1. The molecule has 172 valence electrons. The Morgan fingerprint density at radius 3 is 2.53 bits per heavy atom. The van der Waals surface area contributed by atoms with E-state index < -0.39 is 11.7 Å². The van der Waals surface area contributed by atoms with Crippen molar-refractivity contribution in [1.82, 2.24) is 15.0 Å². The van der Waals surface area contributed by atoms with Crippen LogP contribution >= 0.6 is 0 Å². The molecule has 5 nitrogen and oxygen atoms in total. The van der Waals surface area contributed by atoms with E-state index in [-0.39, 0.29) is 12.5 Å². The number of ether oxygens (including phenoxy) is 2. The summed E-state index contributed by atoms with van der Waals surface area (Å²) in [6, 6.07) is 2.33. The van der Waals surface area contributed by atoms with E-state index in [1.807, 2.05) is 18.3 Å². The second-order valence-corrected chi connectivity index (χ2v) is 8.67. The largest absolute Gasteiger partial charge is 0.497 e. The zero-order valence-corrected chi connectivity index (χ0v) is 18.3. The molecule has 0 saturated heterocycles. The summed E-state index contributed by atoms with van der Waals surface area (Å²) >= 11 is 0. The van der Waals surface area contributed by atoms with Crippen molar-refractivity contribution in [2.75, 3.05) is 7.11 Å². The first-order chi connectivity index (χ1) is 15.3.